The zero-order valence-corrected chi connectivity index (χ0v) is 22.8. The van der Waals surface area contributed by atoms with Crippen LogP contribution in [0.25, 0.3) is 22.8 Å². The molecule has 39 heavy (non-hydrogen) atoms. The molecule has 0 amide bonds. The summed E-state index contributed by atoms with van der Waals surface area (Å²) in [5.74, 6) is 2.39. The first-order chi connectivity index (χ1) is 18.9. The molecule has 0 aliphatic heterocycles. The third kappa shape index (κ3) is 5.08. The minimum atomic E-state index is -0.669. The normalized spacial score (nSPS) is 21.5. The first-order valence-corrected chi connectivity index (χ1v) is 14.2. The molecular formula is C29H36FN7O2. The molecular weight excluding hydrogens is 497 g/mol. The summed E-state index contributed by atoms with van der Waals surface area (Å²) in [5, 5.41) is 7.48. The van der Waals surface area contributed by atoms with Crippen molar-refractivity contribution in [2.24, 2.45) is 17.8 Å². The van der Waals surface area contributed by atoms with Crippen LogP contribution in [0.15, 0.2) is 33.6 Å². The van der Waals surface area contributed by atoms with Crippen molar-refractivity contribution >= 4 is 17.0 Å². The van der Waals surface area contributed by atoms with Gasteiger partial charge in [-0.15, -0.1) is 0 Å². The molecule has 0 radical (unpaired) electrons. The molecule has 10 heteroatoms. The number of halogens is 1. The van der Waals surface area contributed by atoms with Crippen molar-refractivity contribution < 1.29 is 8.91 Å². The smallest absolute Gasteiger partial charge is 0.365 e. The second-order valence-corrected chi connectivity index (χ2v) is 11.6. The predicted molar refractivity (Wildman–Crippen MR) is 147 cm³/mol. The number of imidazole rings is 1. The minimum absolute atomic E-state index is 0.153. The molecule has 3 heterocycles. The number of hydrogen-bond acceptors (Lipinski definition) is 7. The van der Waals surface area contributed by atoms with Crippen molar-refractivity contribution in [1.29, 1.82) is 0 Å². The lowest BCUT2D eigenvalue weighted by atomic mass is 9.80. The van der Waals surface area contributed by atoms with Crippen LogP contribution in [-0.2, 0) is 6.54 Å². The number of aromatic nitrogens is 6. The summed E-state index contributed by atoms with van der Waals surface area (Å²) in [6, 6.07) is 7.08. The van der Waals surface area contributed by atoms with Crippen molar-refractivity contribution in [3.8, 4) is 11.6 Å². The van der Waals surface area contributed by atoms with Crippen LogP contribution in [0, 0.1) is 23.6 Å². The lowest BCUT2D eigenvalue weighted by molar-refractivity contribution is 0.264. The number of hydrogen-bond donors (Lipinski definition) is 2. The topological polar surface area (TPSA) is 115 Å². The minimum Gasteiger partial charge on any atom is -0.365 e. The van der Waals surface area contributed by atoms with Gasteiger partial charge in [0.05, 0.1) is 0 Å². The molecule has 6 rings (SSSR count). The monoisotopic (exact) mass is 533 g/mol. The molecule has 2 fully saturated rings. The standard InChI is InChI=1S/C29H36FN7O2/c1-16-11-13-19(14-12-16)15-37-23-24(31-18(3)20-7-6-8-20)32-26(27-35-29(38)39-36-27)33-25(23)34-28(37)17(2)21-9-4-5-10-22(21)30/h4-5,9-10,16-20H,6-8,11-15H2,1-3H3,(H,31,32,33)(H,35,36,38)/t16?,17?,18-,19?/m1/s1. The van der Waals surface area contributed by atoms with Gasteiger partial charge in [0.1, 0.15) is 17.2 Å². The Morgan fingerprint density at radius 1 is 1.10 bits per heavy atom. The van der Waals surface area contributed by atoms with Gasteiger partial charge in [0, 0.05) is 18.5 Å². The predicted octanol–water partition coefficient (Wildman–Crippen LogP) is 5.89. The van der Waals surface area contributed by atoms with E-state index in [2.05, 4.69) is 33.9 Å². The molecule has 4 aromatic rings. The number of anilines is 1. The van der Waals surface area contributed by atoms with Crippen LogP contribution in [0.1, 0.15) is 83.0 Å². The quantitative estimate of drug-likeness (QED) is 0.290. The van der Waals surface area contributed by atoms with Gasteiger partial charge in [-0.2, -0.15) is 0 Å². The van der Waals surface area contributed by atoms with Crippen LogP contribution < -0.4 is 11.1 Å². The third-order valence-corrected chi connectivity index (χ3v) is 8.84. The highest BCUT2D eigenvalue weighted by Crippen LogP contribution is 2.37. The van der Waals surface area contributed by atoms with E-state index >= 15 is 0 Å². The van der Waals surface area contributed by atoms with E-state index in [0.29, 0.717) is 28.9 Å². The first-order valence-electron chi connectivity index (χ1n) is 14.2. The fourth-order valence-corrected chi connectivity index (χ4v) is 6.11. The molecule has 1 aromatic carbocycles. The molecule has 3 aromatic heterocycles. The highest BCUT2D eigenvalue weighted by Gasteiger charge is 2.30. The summed E-state index contributed by atoms with van der Waals surface area (Å²) in [4.78, 5) is 28.8. The second-order valence-electron chi connectivity index (χ2n) is 11.6. The molecule has 0 spiro atoms. The van der Waals surface area contributed by atoms with Crippen LogP contribution in [0.4, 0.5) is 10.2 Å². The maximum atomic E-state index is 15.0. The Bertz CT molecular complexity index is 1510. The fourth-order valence-electron chi connectivity index (χ4n) is 6.11. The molecule has 206 valence electrons. The molecule has 2 saturated carbocycles. The molecule has 2 aliphatic carbocycles. The van der Waals surface area contributed by atoms with Crippen LogP contribution in [0.5, 0.6) is 0 Å². The van der Waals surface area contributed by atoms with E-state index < -0.39 is 5.76 Å². The summed E-state index contributed by atoms with van der Waals surface area (Å²) < 4.78 is 21.9. The van der Waals surface area contributed by atoms with Crippen LogP contribution in [0.3, 0.4) is 0 Å². The molecule has 0 bridgehead atoms. The summed E-state index contributed by atoms with van der Waals surface area (Å²) >= 11 is 0. The zero-order chi connectivity index (χ0) is 27.1. The Labute approximate surface area is 226 Å². The van der Waals surface area contributed by atoms with Crippen molar-refractivity contribution in [2.45, 2.75) is 84.2 Å². The second kappa shape index (κ2) is 10.5. The Morgan fingerprint density at radius 2 is 1.87 bits per heavy atom. The van der Waals surface area contributed by atoms with Crippen LogP contribution in [-0.4, -0.2) is 35.7 Å². The lowest BCUT2D eigenvalue weighted by Gasteiger charge is -2.32. The van der Waals surface area contributed by atoms with Crippen LogP contribution >= 0.6 is 0 Å². The Kier molecular flexibility index (Phi) is 6.95. The number of H-pyrrole nitrogens is 1. The highest BCUT2D eigenvalue weighted by atomic mass is 19.1. The van der Waals surface area contributed by atoms with E-state index in [-0.39, 0.29) is 29.4 Å². The van der Waals surface area contributed by atoms with E-state index in [4.69, 9.17) is 19.5 Å². The van der Waals surface area contributed by atoms with Gasteiger partial charge in [-0.3, -0.25) is 9.51 Å². The highest BCUT2D eigenvalue weighted by molar-refractivity contribution is 5.86. The number of benzene rings is 1. The summed E-state index contributed by atoms with van der Waals surface area (Å²) in [7, 11) is 0. The van der Waals surface area contributed by atoms with Gasteiger partial charge in [0.25, 0.3) is 0 Å². The lowest BCUT2D eigenvalue weighted by Crippen LogP contribution is -2.31. The molecule has 0 saturated heterocycles. The number of rotatable bonds is 8. The number of nitrogens with zero attached hydrogens (tertiary/aromatic N) is 5. The van der Waals surface area contributed by atoms with Gasteiger partial charge < -0.3 is 9.88 Å². The van der Waals surface area contributed by atoms with Crippen molar-refractivity contribution in [2.75, 3.05) is 5.32 Å². The Morgan fingerprint density at radius 3 is 2.54 bits per heavy atom. The van der Waals surface area contributed by atoms with Gasteiger partial charge in [-0.1, -0.05) is 56.5 Å². The zero-order valence-electron chi connectivity index (χ0n) is 22.8. The van der Waals surface area contributed by atoms with E-state index in [9.17, 15) is 9.18 Å². The average molecular weight is 534 g/mol. The molecule has 9 nitrogen and oxygen atoms in total. The Hall–Kier alpha value is -3.56. The molecule has 2 aliphatic rings. The van der Waals surface area contributed by atoms with Crippen molar-refractivity contribution in [3.05, 3.63) is 52.0 Å². The van der Waals surface area contributed by atoms with Crippen molar-refractivity contribution in [3.63, 3.8) is 0 Å². The van der Waals surface area contributed by atoms with E-state index in [0.717, 1.165) is 36.6 Å². The van der Waals surface area contributed by atoms with Gasteiger partial charge in [-0.25, -0.2) is 24.1 Å². The Balaban J connectivity index is 1.51. The van der Waals surface area contributed by atoms with Gasteiger partial charge in [-0.05, 0) is 62.0 Å². The van der Waals surface area contributed by atoms with E-state index in [1.807, 2.05) is 19.1 Å². The summed E-state index contributed by atoms with van der Waals surface area (Å²) in [6.07, 6.45) is 8.31. The fraction of sp³-hybridized carbons (Fsp3) is 0.552. The first kappa shape index (κ1) is 25.7. The number of nitrogens with one attached hydrogen (secondary N) is 2. The third-order valence-electron chi connectivity index (χ3n) is 8.84. The molecule has 2 N–H and O–H groups in total. The maximum Gasteiger partial charge on any atom is 0.439 e. The van der Waals surface area contributed by atoms with E-state index in [1.54, 1.807) is 6.07 Å². The largest absolute Gasteiger partial charge is 0.439 e. The van der Waals surface area contributed by atoms with Gasteiger partial charge in [0.2, 0.25) is 11.6 Å². The SMILES string of the molecule is CC1CCC(Cn2c(C(C)c3ccccc3F)nc3nc(-c4noc(=O)[nH]4)nc(N[C@H](C)C4CCC4)c32)CC1. The van der Waals surface area contributed by atoms with Crippen molar-refractivity contribution in [1.82, 2.24) is 29.7 Å². The number of aromatic amines is 1. The van der Waals surface area contributed by atoms with E-state index in [1.165, 1.54) is 38.2 Å². The number of fused-ring (bicyclic) bond motifs is 1. The molecule has 1 unspecified atom stereocenters. The summed E-state index contributed by atoms with van der Waals surface area (Å²) in [5.41, 5.74) is 1.90. The summed E-state index contributed by atoms with van der Waals surface area (Å²) in [6.45, 7) is 7.27. The molecule has 2 atom stereocenters. The maximum absolute atomic E-state index is 15.0. The van der Waals surface area contributed by atoms with Gasteiger partial charge in [0.15, 0.2) is 11.5 Å². The average Bonchev–Trinajstić information content (AvgIpc) is 3.48. The van der Waals surface area contributed by atoms with Gasteiger partial charge >= 0.3 is 5.76 Å². The van der Waals surface area contributed by atoms with Crippen LogP contribution in [0.2, 0.25) is 0 Å².